The molecule has 0 aliphatic carbocycles. The van der Waals surface area contributed by atoms with E-state index >= 15 is 0 Å². The first kappa shape index (κ1) is 15.3. The molecule has 0 bridgehead atoms. The number of rotatable bonds is 7. The van der Waals surface area contributed by atoms with Gasteiger partial charge in [0.25, 0.3) is 0 Å². The monoisotopic (exact) mass is 282 g/mol. The third-order valence-electron chi connectivity index (χ3n) is 3.27. The zero-order valence-electron chi connectivity index (χ0n) is 12.6. The lowest BCUT2D eigenvalue weighted by molar-refractivity contribution is 0.0508. The van der Waals surface area contributed by atoms with Crippen molar-refractivity contribution in [2.45, 2.75) is 33.0 Å². The van der Waals surface area contributed by atoms with Gasteiger partial charge in [-0.05, 0) is 36.6 Å². The van der Waals surface area contributed by atoms with Crippen LogP contribution in [0.5, 0.6) is 0 Å². The van der Waals surface area contributed by atoms with Crippen LogP contribution in [0.25, 0.3) is 0 Å². The van der Waals surface area contributed by atoms with Crippen molar-refractivity contribution in [2.24, 2.45) is 5.10 Å². The maximum atomic E-state index is 5.71. The topological polar surface area (TPSA) is 33.6 Å². The molecule has 0 saturated carbocycles. The minimum Gasteiger partial charge on any atom is -0.374 e. The van der Waals surface area contributed by atoms with E-state index in [1.54, 1.807) is 0 Å². The number of para-hydroxylation sites is 1. The number of nitrogens with zero attached hydrogens (tertiary/aromatic N) is 1. The van der Waals surface area contributed by atoms with Gasteiger partial charge in [0.2, 0.25) is 0 Å². The van der Waals surface area contributed by atoms with E-state index in [1.807, 2.05) is 48.7 Å². The molecular formula is C18H22N2O. The van der Waals surface area contributed by atoms with Crippen LogP contribution in [0.15, 0.2) is 59.7 Å². The Balaban J connectivity index is 1.84. The van der Waals surface area contributed by atoms with Gasteiger partial charge in [0.05, 0.1) is 24.6 Å². The number of hydrogen-bond acceptors (Lipinski definition) is 3. The van der Waals surface area contributed by atoms with Crippen LogP contribution in [0.3, 0.4) is 0 Å². The minimum atomic E-state index is 0.307. The Morgan fingerprint density at radius 2 is 1.81 bits per heavy atom. The Labute approximate surface area is 126 Å². The second-order valence-electron chi connectivity index (χ2n) is 5.01. The fourth-order valence-corrected chi connectivity index (χ4v) is 1.75. The summed E-state index contributed by atoms with van der Waals surface area (Å²) < 4.78 is 5.71. The highest BCUT2D eigenvalue weighted by Gasteiger charge is 1.99. The summed E-state index contributed by atoms with van der Waals surface area (Å²) in [6.45, 7) is 4.88. The summed E-state index contributed by atoms with van der Waals surface area (Å²) in [6.07, 6.45) is 3.16. The summed E-state index contributed by atoms with van der Waals surface area (Å²) in [4.78, 5) is 0. The smallest absolute Gasteiger partial charge is 0.0720 e. The quantitative estimate of drug-likeness (QED) is 0.601. The van der Waals surface area contributed by atoms with Gasteiger partial charge in [-0.25, -0.2) is 0 Å². The first-order chi connectivity index (χ1) is 10.3. The maximum Gasteiger partial charge on any atom is 0.0720 e. The number of hydrogen-bond donors (Lipinski definition) is 1. The van der Waals surface area contributed by atoms with Gasteiger partial charge in [0.15, 0.2) is 0 Å². The Hall–Kier alpha value is -2.13. The molecule has 3 nitrogen and oxygen atoms in total. The lowest BCUT2D eigenvalue weighted by Gasteiger charge is -2.10. The number of hydrazone groups is 1. The lowest BCUT2D eigenvalue weighted by atomic mass is 10.1. The van der Waals surface area contributed by atoms with Gasteiger partial charge < -0.3 is 4.74 Å². The summed E-state index contributed by atoms with van der Waals surface area (Å²) in [6, 6.07) is 18.1. The van der Waals surface area contributed by atoms with Crippen LogP contribution >= 0.6 is 0 Å². The number of anilines is 1. The third kappa shape index (κ3) is 5.40. The minimum absolute atomic E-state index is 0.307. The van der Waals surface area contributed by atoms with Crippen molar-refractivity contribution >= 4 is 11.9 Å². The Kier molecular flexibility index (Phi) is 5.98. The van der Waals surface area contributed by atoms with Crippen molar-refractivity contribution in [3.05, 3.63) is 65.7 Å². The zero-order valence-corrected chi connectivity index (χ0v) is 12.6. The molecule has 0 heterocycles. The highest BCUT2D eigenvalue weighted by Crippen LogP contribution is 2.08. The van der Waals surface area contributed by atoms with Gasteiger partial charge in [0, 0.05) is 0 Å². The van der Waals surface area contributed by atoms with Crippen molar-refractivity contribution in [1.82, 2.24) is 0 Å². The van der Waals surface area contributed by atoms with E-state index < -0.39 is 0 Å². The van der Waals surface area contributed by atoms with Crippen LogP contribution < -0.4 is 5.43 Å². The molecular weight excluding hydrogens is 260 g/mol. The predicted molar refractivity (Wildman–Crippen MR) is 88.6 cm³/mol. The molecule has 0 spiro atoms. The molecule has 21 heavy (non-hydrogen) atoms. The summed E-state index contributed by atoms with van der Waals surface area (Å²) in [7, 11) is 0. The Morgan fingerprint density at radius 1 is 1.10 bits per heavy atom. The average Bonchev–Trinajstić information content (AvgIpc) is 2.55. The molecule has 1 unspecified atom stereocenters. The molecule has 1 atom stereocenters. The fraction of sp³-hybridized carbons (Fsp3) is 0.278. The summed E-state index contributed by atoms with van der Waals surface area (Å²) >= 11 is 0. The van der Waals surface area contributed by atoms with Crippen molar-refractivity contribution in [2.75, 3.05) is 5.43 Å². The van der Waals surface area contributed by atoms with Gasteiger partial charge in [-0.1, -0.05) is 49.4 Å². The van der Waals surface area contributed by atoms with Gasteiger partial charge in [-0.3, -0.25) is 5.43 Å². The van der Waals surface area contributed by atoms with Crippen molar-refractivity contribution < 1.29 is 4.74 Å². The molecule has 0 saturated heterocycles. The van der Waals surface area contributed by atoms with E-state index in [9.17, 15) is 0 Å². The molecule has 0 aliphatic heterocycles. The summed E-state index contributed by atoms with van der Waals surface area (Å²) in [5, 5.41) is 4.22. The van der Waals surface area contributed by atoms with Gasteiger partial charge in [-0.15, -0.1) is 0 Å². The van der Waals surface area contributed by atoms with Crippen LogP contribution in [-0.4, -0.2) is 12.3 Å². The molecule has 0 fully saturated rings. The molecule has 0 amide bonds. The Bertz CT molecular complexity index is 549. The molecule has 110 valence electrons. The maximum absolute atomic E-state index is 5.71. The summed E-state index contributed by atoms with van der Waals surface area (Å²) in [5.41, 5.74) is 6.22. The van der Waals surface area contributed by atoms with E-state index in [0.717, 1.165) is 17.7 Å². The molecule has 0 aromatic heterocycles. The zero-order chi connectivity index (χ0) is 14.9. The van der Waals surface area contributed by atoms with Crippen LogP contribution in [0.1, 0.15) is 31.4 Å². The van der Waals surface area contributed by atoms with E-state index in [0.29, 0.717) is 12.7 Å². The highest BCUT2D eigenvalue weighted by molar-refractivity contribution is 5.80. The van der Waals surface area contributed by atoms with E-state index in [4.69, 9.17) is 4.74 Å². The predicted octanol–water partition coefficient (Wildman–Crippen LogP) is 4.45. The molecule has 0 radical (unpaired) electrons. The number of nitrogens with one attached hydrogen (secondary N) is 1. The fourth-order valence-electron chi connectivity index (χ4n) is 1.75. The van der Waals surface area contributed by atoms with E-state index in [1.165, 1.54) is 5.56 Å². The molecule has 2 rings (SSSR count). The van der Waals surface area contributed by atoms with Crippen LogP contribution in [0.2, 0.25) is 0 Å². The highest BCUT2D eigenvalue weighted by atomic mass is 16.5. The normalized spacial score (nSPS) is 12.5. The Morgan fingerprint density at radius 3 is 2.48 bits per heavy atom. The van der Waals surface area contributed by atoms with Crippen molar-refractivity contribution in [1.29, 1.82) is 0 Å². The number of benzene rings is 2. The first-order valence-corrected chi connectivity index (χ1v) is 7.32. The van der Waals surface area contributed by atoms with E-state index in [-0.39, 0.29) is 0 Å². The molecule has 3 heteroatoms. The van der Waals surface area contributed by atoms with Crippen LogP contribution in [-0.2, 0) is 11.3 Å². The lowest BCUT2D eigenvalue weighted by Crippen LogP contribution is -2.05. The SMILES string of the molecule is CCC(C)OCc1ccc(C=NNc2ccccc2)cc1. The standard InChI is InChI=1S/C18H22N2O/c1-3-15(2)21-14-17-11-9-16(10-12-17)13-19-20-18-7-5-4-6-8-18/h4-13,15,20H,3,14H2,1-2H3. The van der Waals surface area contributed by atoms with Crippen molar-refractivity contribution in [3.8, 4) is 0 Å². The van der Waals surface area contributed by atoms with Crippen LogP contribution in [0.4, 0.5) is 5.69 Å². The van der Waals surface area contributed by atoms with Gasteiger partial charge in [0.1, 0.15) is 0 Å². The molecule has 1 N–H and O–H groups in total. The number of ether oxygens (including phenoxy) is 1. The second kappa shape index (κ2) is 8.22. The summed E-state index contributed by atoms with van der Waals surface area (Å²) in [5.74, 6) is 0. The third-order valence-corrected chi connectivity index (χ3v) is 3.27. The molecule has 2 aromatic rings. The van der Waals surface area contributed by atoms with Gasteiger partial charge in [-0.2, -0.15) is 5.10 Å². The first-order valence-electron chi connectivity index (χ1n) is 7.32. The second-order valence-corrected chi connectivity index (χ2v) is 5.01. The average molecular weight is 282 g/mol. The van der Waals surface area contributed by atoms with Gasteiger partial charge >= 0.3 is 0 Å². The molecule has 0 aliphatic rings. The largest absolute Gasteiger partial charge is 0.374 e. The van der Waals surface area contributed by atoms with Crippen molar-refractivity contribution in [3.63, 3.8) is 0 Å². The van der Waals surface area contributed by atoms with Crippen LogP contribution in [0, 0.1) is 0 Å². The van der Waals surface area contributed by atoms with E-state index in [2.05, 4.69) is 36.5 Å². The molecule has 2 aromatic carbocycles.